The number of hydrogen-bond acceptors (Lipinski definition) is 0. The first-order chi connectivity index (χ1) is 3.33. The van der Waals surface area contributed by atoms with E-state index in [1.807, 2.05) is 0 Å². The molecule has 0 spiro atoms. The largest absolute Gasteiger partial charge is 0.137 e. The number of rotatable bonds is 1. The Kier molecular flexibility index (Phi) is 26.8. The second-order valence-corrected chi connectivity index (χ2v) is 0.721. The summed E-state index contributed by atoms with van der Waals surface area (Å²) < 4.78 is 0. The van der Waals surface area contributed by atoms with Crippen molar-refractivity contribution in [2.75, 3.05) is 0 Å². The lowest BCUT2D eigenvalue weighted by atomic mass is 10.6. The Labute approximate surface area is 45.2 Å². The summed E-state index contributed by atoms with van der Waals surface area (Å²) in [5.41, 5.74) is 2.25. The second-order valence-electron chi connectivity index (χ2n) is 0.721. The van der Waals surface area contributed by atoms with Crippen LogP contribution in [0.3, 0.4) is 0 Å². The molecule has 0 nitrogen and oxygen atoms in total. The summed E-state index contributed by atoms with van der Waals surface area (Å²) in [7, 11) is 0. The lowest BCUT2D eigenvalue weighted by molar-refractivity contribution is 2.15. The Morgan fingerprint density at radius 1 is 1.00 bits per heavy atom. The van der Waals surface area contributed by atoms with E-state index in [4.69, 9.17) is 0 Å². The van der Waals surface area contributed by atoms with Gasteiger partial charge in [0.25, 0.3) is 0 Å². The lowest BCUT2D eigenvalue weighted by Gasteiger charge is -1.44. The smallest absolute Gasteiger partial charge is 0.0572 e. The van der Waals surface area contributed by atoms with Crippen LogP contribution in [0.25, 0.3) is 0 Å². The highest BCUT2D eigenvalue weighted by molar-refractivity contribution is 4.88. The molecular formula is C7H10. The fraction of sp³-hybridized carbons (Fsp3) is 0. The van der Waals surface area contributed by atoms with Crippen molar-refractivity contribution in [2.45, 2.75) is 0 Å². The van der Waals surface area contributed by atoms with Gasteiger partial charge in [0.05, 0.1) is 0 Å². The van der Waals surface area contributed by atoms with Crippen LogP contribution in [-0.4, -0.2) is 0 Å². The maximum absolute atomic E-state index is 3.36. The molecule has 38 valence electrons. The zero-order valence-electron chi connectivity index (χ0n) is 4.48. The van der Waals surface area contributed by atoms with Gasteiger partial charge in [-0.15, -0.1) is 5.73 Å². The first kappa shape index (κ1) is 9.38. The van der Waals surface area contributed by atoms with Crippen LogP contribution >= 0.6 is 0 Å². The highest BCUT2D eigenvalue weighted by Crippen LogP contribution is 1.52. The Morgan fingerprint density at radius 3 is 1.14 bits per heavy atom. The molecule has 0 aromatic rings. The van der Waals surface area contributed by atoms with Crippen molar-refractivity contribution in [3.05, 3.63) is 44.2 Å². The van der Waals surface area contributed by atoms with E-state index in [0.717, 1.165) is 0 Å². The Balaban J connectivity index is 0. The molecule has 0 aromatic heterocycles. The lowest BCUT2D eigenvalue weighted by Crippen LogP contribution is -1.21. The van der Waals surface area contributed by atoms with Crippen LogP contribution in [0.2, 0.25) is 0 Å². The van der Waals surface area contributed by atoms with E-state index in [9.17, 15) is 0 Å². The summed E-state index contributed by atoms with van der Waals surface area (Å²) in [6.45, 7) is 13.0. The average molecular weight is 94.2 g/mol. The summed E-state index contributed by atoms with van der Waals surface area (Å²) in [6, 6.07) is 0. The zero-order chi connectivity index (χ0) is 6.12. The summed E-state index contributed by atoms with van der Waals surface area (Å²) in [5, 5.41) is 0. The van der Waals surface area contributed by atoms with Gasteiger partial charge in [0.2, 0.25) is 0 Å². The number of allylic oxidation sites excluding steroid dienone is 2. The van der Waals surface area contributed by atoms with Crippen molar-refractivity contribution in [1.82, 2.24) is 0 Å². The normalized spacial score (nSPS) is 4.00. The van der Waals surface area contributed by atoms with Crippen LogP contribution in [0.4, 0.5) is 0 Å². The molecule has 0 fully saturated rings. The molecule has 0 aliphatic carbocycles. The van der Waals surface area contributed by atoms with Crippen molar-refractivity contribution >= 4 is 0 Å². The molecule has 0 radical (unpaired) electrons. The van der Waals surface area contributed by atoms with Gasteiger partial charge in [-0.05, 0) is 0 Å². The molecule has 0 aliphatic heterocycles. The molecule has 0 aliphatic rings. The summed E-state index contributed by atoms with van der Waals surface area (Å²) in [5.74, 6) is 0. The van der Waals surface area contributed by atoms with Crippen molar-refractivity contribution in [1.29, 1.82) is 0 Å². The van der Waals surface area contributed by atoms with Gasteiger partial charge in [0, 0.05) is 0 Å². The first-order valence-corrected chi connectivity index (χ1v) is 1.86. The Bertz CT molecular complexity index is 66.0. The maximum Gasteiger partial charge on any atom is -0.0572 e. The van der Waals surface area contributed by atoms with Crippen molar-refractivity contribution in [3.8, 4) is 0 Å². The predicted molar refractivity (Wildman–Crippen MR) is 35.2 cm³/mol. The van der Waals surface area contributed by atoms with Crippen LogP contribution in [0, 0.1) is 0 Å². The van der Waals surface area contributed by atoms with E-state index in [1.54, 1.807) is 12.2 Å². The molecule has 7 heavy (non-hydrogen) atoms. The fourth-order valence-electron chi connectivity index (χ4n) is 0. The molecule has 0 heteroatoms. The van der Waals surface area contributed by atoms with Gasteiger partial charge in [0.1, 0.15) is 0 Å². The summed E-state index contributed by atoms with van der Waals surface area (Å²) >= 11 is 0. The molecule has 0 unspecified atom stereocenters. The Morgan fingerprint density at radius 2 is 1.14 bits per heavy atom. The van der Waals surface area contributed by atoms with Crippen LogP contribution in [0.15, 0.2) is 44.2 Å². The van der Waals surface area contributed by atoms with Gasteiger partial charge in [-0.1, -0.05) is 38.5 Å². The van der Waals surface area contributed by atoms with E-state index in [1.165, 1.54) is 0 Å². The van der Waals surface area contributed by atoms with E-state index in [2.05, 4.69) is 32.0 Å². The van der Waals surface area contributed by atoms with Crippen molar-refractivity contribution in [2.24, 2.45) is 0 Å². The minimum absolute atomic E-state index is 1.64. The quantitative estimate of drug-likeness (QED) is 0.345. The second kappa shape index (κ2) is 20.0. The fourth-order valence-corrected chi connectivity index (χ4v) is 0. The monoisotopic (exact) mass is 94.1 g/mol. The predicted octanol–water partition coefficient (Wildman–Crippen LogP) is 2.32. The third-order valence-electron chi connectivity index (χ3n) is 0.167. The van der Waals surface area contributed by atoms with Crippen LogP contribution in [0.5, 0.6) is 0 Å². The van der Waals surface area contributed by atoms with Gasteiger partial charge >= 0.3 is 0 Å². The summed E-state index contributed by atoms with van der Waals surface area (Å²) in [6.07, 6.45) is 3.28. The highest BCUT2D eigenvalue weighted by atomic mass is 13.4. The van der Waals surface area contributed by atoms with Gasteiger partial charge in [-0.2, -0.15) is 0 Å². The average Bonchev–Trinajstić information content (AvgIpc) is 1.69. The van der Waals surface area contributed by atoms with Gasteiger partial charge in [-0.25, -0.2) is 0 Å². The van der Waals surface area contributed by atoms with Crippen LogP contribution < -0.4 is 0 Å². The molecule has 0 saturated heterocycles. The number of hydrogen-bond donors (Lipinski definition) is 0. The van der Waals surface area contributed by atoms with Gasteiger partial charge in [0.15, 0.2) is 0 Å². The zero-order valence-corrected chi connectivity index (χ0v) is 4.48. The third-order valence-corrected chi connectivity index (χ3v) is 0.167. The van der Waals surface area contributed by atoms with Crippen molar-refractivity contribution in [3.63, 3.8) is 0 Å². The standard InChI is InChI=1S/C4H6.C3H4/c1-3-4-2;1-3-2/h3-4H,1-2H2;1-2H2. The molecule has 0 amide bonds. The van der Waals surface area contributed by atoms with Gasteiger partial charge in [-0.3, -0.25) is 0 Å². The van der Waals surface area contributed by atoms with E-state index in [0.29, 0.717) is 0 Å². The maximum atomic E-state index is 3.36. The minimum Gasteiger partial charge on any atom is -0.137 e. The van der Waals surface area contributed by atoms with E-state index >= 15 is 0 Å². The minimum atomic E-state index is 1.64. The van der Waals surface area contributed by atoms with Crippen LogP contribution in [-0.2, 0) is 0 Å². The summed E-state index contributed by atoms with van der Waals surface area (Å²) in [4.78, 5) is 0. The van der Waals surface area contributed by atoms with Gasteiger partial charge < -0.3 is 0 Å². The molecule has 0 N–H and O–H groups in total. The van der Waals surface area contributed by atoms with E-state index in [-0.39, 0.29) is 0 Å². The van der Waals surface area contributed by atoms with E-state index < -0.39 is 0 Å². The molecule has 0 bridgehead atoms. The molecular weight excluding hydrogens is 84.1 g/mol. The topological polar surface area (TPSA) is 0 Å². The molecule has 0 atom stereocenters. The SMILES string of the molecule is C=C=C.C=CC=C. The molecule has 0 saturated carbocycles. The first-order valence-electron chi connectivity index (χ1n) is 1.86. The molecule has 0 heterocycles. The molecule has 0 aromatic carbocycles. The highest BCUT2D eigenvalue weighted by Gasteiger charge is 1.29. The van der Waals surface area contributed by atoms with Crippen molar-refractivity contribution < 1.29 is 0 Å². The molecule has 0 rings (SSSR count). The Hall–Kier alpha value is -1.00. The van der Waals surface area contributed by atoms with Crippen LogP contribution in [0.1, 0.15) is 0 Å². The third kappa shape index (κ3) is 0.